The molecule has 6 heteroatoms. The number of hydrogen-bond acceptors (Lipinski definition) is 6. The van der Waals surface area contributed by atoms with Crippen LogP contribution in [0, 0.1) is 0 Å². The van der Waals surface area contributed by atoms with Crippen molar-refractivity contribution >= 4 is 33.0 Å². The van der Waals surface area contributed by atoms with Gasteiger partial charge in [-0.2, -0.15) is 0 Å². The number of thiophene rings is 1. The third kappa shape index (κ3) is 3.42. The van der Waals surface area contributed by atoms with Crippen molar-refractivity contribution in [3.05, 3.63) is 52.8 Å². The van der Waals surface area contributed by atoms with Crippen LogP contribution >= 0.6 is 11.3 Å². The van der Waals surface area contributed by atoms with Crippen molar-refractivity contribution in [1.82, 2.24) is 9.97 Å². The number of pyridine rings is 2. The maximum atomic E-state index is 13.0. The number of Topliss-reactive ketones (excluding diaryl/α,β-unsaturated/α-hetero) is 1. The number of hydrogen-bond donors (Lipinski definition) is 1. The second-order valence-electron chi connectivity index (χ2n) is 7.96. The zero-order valence-corrected chi connectivity index (χ0v) is 16.6. The topological polar surface area (TPSA) is 72.1 Å². The molecule has 1 aliphatic heterocycles. The molecule has 5 rings (SSSR count). The van der Waals surface area contributed by atoms with Gasteiger partial charge in [0.2, 0.25) is 0 Å². The zero-order chi connectivity index (χ0) is 19.1. The maximum Gasteiger partial charge on any atom is 0.185 e. The molecule has 0 unspecified atom stereocenters. The average Bonchev–Trinajstić information content (AvgIpc) is 3.47. The SMILES string of the molecule is N[C@H]1CCCN(c2ccncc2CC(=O)c2ccc3scc(C4CC4)c3n2)C1. The van der Waals surface area contributed by atoms with E-state index in [1.54, 1.807) is 17.5 Å². The van der Waals surface area contributed by atoms with Crippen molar-refractivity contribution < 1.29 is 4.79 Å². The summed E-state index contributed by atoms with van der Waals surface area (Å²) in [5.74, 6) is 0.685. The number of nitrogens with zero attached hydrogens (tertiary/aromatic N) is 3. The van der Waals surface area contributed by atoms with Gasteiger partial charge in [0, 0.05) is 49.2 Å². The summed E-state index contributed by atoms with van der Waals surface area (Å²) in [6, 6.07) is 6.10. The number of carbonyl (C=O) groups excluding carboxylic acids is 1. The Morgan fingerprint density at radius 1 is 1.25 bits per heavy atom. The Morgan fingerprint density at radius 3 is 2.96 bits per heavy atom. The van der Waals surface area contributed by atoms with Crippen molar-refractivity contribution in [1.29, 1.82) is 0 Å². The van der Waals surface area contributed by atoms with Crippen molar-refractivity contribution in [2.45, 2.75) is 44.1 Å². The fourth-order valence-electron chi connectivity index (χ4n) is 4.13. The van der Waals surface area contributed by atoms with Crippen LogP contribution in [0.4, 0.5) is 5.69 Å². The van der Waals surface area contributed by atoms with E-state index in [1.807, 2.05) is 24.4 Å². The second kappa shape index (κ2) is 7.26. The molecule has 1 saturated carbocycles. The fourth-order valence-corrected chi connectivity index (χ4v) is 5.11. The first kappa shape index (κ1) is 17.8. The summed E-state index contributed by atoms with van der Waals surface area (Å²) in [7, 11) is 0. The van der Waals surface area contributed by atoms with Crippen molar-refractivity contribution in [2.24, 2.45) is 5.73 Å². The number of aromatic nitrogens is 2. The summed E-state index contributed by atoms with van der Waals surface area (Å²) < 4.78 is 1.17. The molecule has 2 fully saturated rings. The number of anilines is 1. The van der Waals surface area contributed by atoms with Crippen molar-refractivity contribution in [2.75, 3.05) is 18.0 Å². The molecule has 144 valence electrons. The van der Waals surface area contributed by atoms with Crippen LogP contribution in [0.2, 0.25) is 0 Å². The minimum Gasteiger partial charge on any atom is -0.370 e. The van der Waals surface area contributed by atoms with Crippen LogP contribution in [0.1, 0.15) is 53.2 Å². The van der Waals surface area contributed by atoms with Gasteiger partial charge in [-0.1, -0.05) is 0 Å². The van der Waals surface area contributed by atoms with Crippen LogP contribution in [0.3, 0.4) is 0 Å². The Labute approximate surface area is 168 Å². The van der Waals surface area contributed by atoms with Gasteiger partial charge in [0.15, 0.2) is 5.78 Å². The lowest BCUT2D eigenvalue weighted by Gasteiger charge is -2.33. The van der Waals surface area contributed by atoms with Gasteiger partial charge in [-0.25, -0.2) is 4.98 Å². The summed E-state index contributed by atoms with van der Waals surface area (Å²) in [4.78, 5) is 24.4. The lowest BCUT2D eigenvalue weighted by atomic mass is 10.0. The summed E-state index contributed by atoms with van der Waals surface area (Å²) >= 11 is 1.73. The van der Waals surface area contributed by atoms with E-state index in [4.69, 9.17) is 10.7 Å². The normalized spacial score (nSPS) is 19.9. The van der Waals surface area contributed by atoms with Crippen LogP contribution < -0.4 is 10.6 Å². The monoisotopic (exact) mass is 392 g/mol. The molecule has 4 heterocycles. The van der Waals surface area contributed by atoms with E-state index in [1.165, 1.54) is 23.1 Å². The van der Waals surface area contributed by atoms with E-state index < -0.39 is 0 Å². The first-order chi connectivity index (χ1) is 13.7. The number of nitrogens with two attached hydrogens (primary N) is 1. The smallest absolute Gasteiger partial charge is 0.185 e. The first-order valence-corrected chi connectivity index (χ1v) is 10.9. The number of rotatable bonds is 5. The average molecular weight is 393 g/mol. The standard InChI is InChI=1S/C22H24N4OS/c23-16-2-1-9-26(12-16)19-7-8-24-11-15(19)10-20(27)18-5-6-21-22(25-18)17(13-28-21)14-3-4-14/h5-8,11,13-14,16H,1-4,9-10,12,23H2/t16-/m0/s1. The van der Waals surface area contributed by atoms with Crippen LogP contribution in [-0.4, -0.2) is 34.9 Å². The van der Waals surface area contributed by atoms with Crippen LogP contribution in [-0.2, 0) is 6.42 Å². The number of carbonyl (C=O) groups is 1. The first-order valence-electron chi connectivity index (χ1n) is 10.0. The van der Waals surface area contributed by atoms with Gasteiger partial charge in [0.25, 0.3) is 0 Å². The van der Waals surface area contributed by atoms with E-state index in [9.17, 15) is 4.79 Å². The third-order valence-electron chi connectivity index (χ3n) is 5.77. The molecular formula is C22H24N4OS. The van der Waals surface area contributed by atoms with Crippen LogP contribution in [0.25, 0.3) is 10.2 Å². The molecule has 5 nitrogen and oxygen atoms in total. The molecule has 28 heavy (non-hydrogen) atoms. The van der Waals surface area contributed by atoms with Gasteiger partial charge in [0.05, 0.1) is 10.2 Å². The van der Waals surface area contributed by atoms with E-state index in [-0.39, 0.29) is 11.8 Å². The summed E-state index contributed by atoms with van der Waals surface area (Å²) in [6.45, 7) is 1.80. The molecule has 0 radical (unpaired) electrons. The van der Waals surface area contributed by atoms with E-state index in [0.29, 0.717) is 18.0 Å². The van der Waals surface area contributed by atoms with Crippen molar-refractivity contribution in [3.8, 4) is 0 Å². The predicted molar refractivity (Wildman–Crippen MR) is 113 cm³/mol. The molecule has 2 N–H and O–H groups in total. The quantitative estimate of drug-likeness (QED) is 0.666. The highest BCUT2D eigenvalue weighted by Crippen LogP contribution is 2.44. The Morgan fingerprint density at radius 2 is 2.14 bits per heavy atom. The van der Waals surface area contributed by atoms with Gasteiger partial charge in [-0.05, 0) is 60.7 Å². The summed E-state index contributed by atoms with van der Waals surface area (Å²) in [5.41, 5.74) is 11.1. The van der Waals surface area contributed by atoms with Gasteiger partial charge in [-0.15, -0.1) is 11.3 Å². The number of ketones is 1. The molecule has 3 aromatic rings. The molecule has 1 atom stereocenters. The third-order valence-corrected chi connectivity index (χ3v) is 6.73. The minimum atomic E-state index is 0.0467. The maximum absolute atomic E-state index is 13.0. The molecule has 2 aliphatic rings. The van der Waals surface area contributed by atoms with E-state index in [2.05, 4.69) is 15.3 Å². The molecule has 0 aromatic carbocycles. The molecule has 1 saturated heterocycles. The van der Waals surface area contributed by atoms with Gasteiger partial charge in [0.1, 0.15) is 5.69 Å². The number of piperidine rings is 1. The lowest BCUT2D eigenvalue weighted by Crippen LogP contribution is -2.43. The van der Waals surface area contributed by atoms with E-state index in [0.717, 1.165) is 42.7 Å². The molecule has 0 bridgehead atoms. The highest BCUT2D eigenvalue weighted by molar-refractivity contribution is 7.17. The van der Waals surface area contributed by atoms with Crippen molar-refractivity contribution in [3.63, 3.8) is 0 Å². The molecule has 0 spiro atoms. The van der Waals surface area contributed by atoms with Gasteiger partial charge >= 0.3 is 0 Å². The summed E-state index contributed by atoms with van der Waals surface area (Å²) in [6.07, 6.45) is 8.54. The van der Waals surface area contributed by atoms with Crippen LogP contribution in [0.15, 0.2) is 36.0 Å². The lowest BCUT2D eigenvalue weighted by molar-refractivity contribution is 0.0988. The Hall–Kier alpha value is -2.31. The van der Waals surface area contributed by atoms with E-state index >= 15 is 0 Å². The Balaban J connectivity index is 1.41. The van der Waals surface area contributed by atoms with Crippen LogP contribution in [0.5, 0.6) is 0 Å². The highest BCUT2D eigenvalue weighted by Gasteiger charge is 2.27. The minimum absolute atomic E-state index is 0.0467. The Bertz CT molecular complexity index is 1030. The zero-order valence-electron chi connectivity index (χ0n) is 15.8. The highest BCUT2D eigenvalue weighted by atomic mass is 32.1. The molecule has 3 aromatic heterocycles. The second-order valence-corrected chi connectivity index (χ2v) is 8.87. The Kier molecular flexibility index (Phi) is 4.61. The largest absolute Gasteiger partial charge is 0.370 e. The summed E-state index contributed by atoms with van der Waals surface area (Å²) in [5, 5.41) is 2.21. The van der Waals surface area contributed by atoms with Gasteiger partial charge < -0.3 is 10.6 Å². The molecular weight excluding hydrogens is 368 g/mol. The fraction of sp³-hybridized carbons (Fsp3) is 0.409. The molecule has 0 amide bonds. The number of fused-ring (bicyclic) bond motifs is 1. The van der Waals surface area contributed by atoms with Gasteiger partial charge in [-0.3, -0.25) is 9.78 Å². The predicted octanol–water partition coefficient (Wildman–Crippen LogP) is 3.92. The molecule has 1 aliphatic carbocycles.